The second-order valence-electron chi connectivity index (χ2n) is 3.20. The second-order valence-corrected chi connectivity index (χ2v) is 4.94. The quantitative estimate of drug-likeness (QED) is 0.525. The fraction of sp³-hybridized carbons (Fsp3) is 1.00. The Morgan fingerprint density at radius 3 is 2.10 bits per heavy atom. The maximum absolute atomic E-state index is 2.35. The first kappa shape index (κ1) is 11.4. The van der Waals surface area contributed by atoms with Crippen LogP contribution in [-0.2, 0) is 0 Å². The predicted molar refractivity (Wildman–Crippen MR) is 48.6 cm³/mol. The predicted octanol–water partition coefficient (Wildman–Crippen LogP) is 0.113. The van der Waals surface area contributed by atoms with Gasteiger partial charge < -0.3 is 11.6 Å². The minimum absolute atomic E-state index is 0. The first-order valence-electron chi connectivity index (χ1n) is 4.16. The molecule has 10 heavy (non-hydrogen) atoms. The van der Waals surface area contributed by atoms with Crippen LogP contribution in [0.5, 0.6) is 0 Å². The molecule has 3 heteroatoms. The minimum Gasteiger partial charge on any atom is -0.375 e. The van der Waals surface area contributed by atoms with Crippen molar-refractivity contribution >= 4 is 17.0 Å². The van der Waals surface area contributed by atoms with Crippen molar-refractivity contribution in [3.05, 3.63) is 0 Å². The van der Waals surface area contributed by atoms with Gasteiger partial charge in [-0.3, -0.25) is 0 Å². The molecule has 0 nitrogen and oxygen atoms in total. The Balaban J connectivity index is 0.000000810. The number of hydrogen-bond acceptors (Lipinski definition) is 1. The standard InChI is InChI=1S/C7H16BS.Na/c1-3-8(4-2)6-5-7-9-8;/h3-7H2,1-2H3;/q-1;+1. The summed E-state index contributed by atoms with van der Waals surface area (Å²) < 4.78 is 0. The average Bonchev–Trinajstić information content (AvgIpc) is 2.36. The molecule has 0 atom stereocenters. The molecule has 0 bridgehead atoms. The van der Waals surface area contributed by atoms with Crippen molar-refractivity contribution < 1.29 is 29.6 Å². The molecule has 0 unspecified atom stereocenters. The summed E-state index contributed by atoms with van der Waals surface area (Å²) >= 11 is 2.25. The first-order valence-corrected chi connectivity index (χ1v) is 5.21. The Hall–Kier alpha value is 1.41. The maximum Gasteiger partial charge on any atom is 1.00 e. The summed E-state index contributed by atoms with van der Waals surface area (Å²) in [5, 5.41) is 0. The van der Waals surface area contributed by atoms with E-state index in [9.17, 15) is 0 Å². The van der Waals surface area contributed by atoms with E-state index in [-0.39, 0.29) is 35.0 Å². The molecule has 54 valence electrons. The second kappa shape index (κ2) is 5.13. The average molecular weight is 166 g/mol. The molecule has 0 aromatic carbocycles. The normalized spacial score (nSPS) is 22.2. The molecule has 0 aromatic heterocycles. The van der Waals surface area contributed by atoms with Crippen molar-refractivity contribution in [2.75, 3.05) is 5.75 Å². The van der Waals surface area contributed by atoms with Gasteiger partial charge in [0.05, 0.1) is 5.42 Å². The van der Waals surface area contributed by atoms with E-state index in [0.717, 1.165) is 0 Å². The van der Waals surface area contributed by atoms with Crippen molar-refractivity contribution in [3.63, 3.8) is 0 Å². The van der Waals surface area contributed by atoms with Crippen LogP contribution in [0.3, 0.4) is 0 Å². The van der Waals surface area contributed by atoms with Crippen LogP contribution in [0.25, 0.3) is 0 Å². The van der Waals surface area contributed by atoms with Gasteiger partial charge in [-0.25, -0.2) is 0 Å². The van der Waals surface area contributed by atoms with Gasteiger partial charge in [-0.2, -0.15) is 19.0 Å². The Labute approximate surface area is 91.0 Å². The summed E-state index contributed by atoms with van der Waals surface area (Å²) in [5.74, 6) is 1.43. The zero-order chi connectivity index (χ0) is 6.74. The Bertz CT molecular complexity index is 85.6. The molecule has 0 aromatic rings. The third kappa shape index (κ3) is 2.47. The molecule has 0 radical (unpaired) electrons. The van der Waals surface area contributed by atoms with Crippen molar-refractivity contribution in [1.82, 2.24) is 0 Å². The summed E-state index contributed by atoms with van der Waals surface area (Å²) in [4.78, 5) is 0. The molecular formula is C7H16BNaS. The summed E-state index contributed by atoms with van der Waals surface area (Å²) in [6, 6.07) is 0. The van der Waals surface area contributed by atoms with Gasteiger partial charge in [0.15, 0.2) is 0 Å². The molecule has 1 rings (SSSR count). The van der Waals surface area contributed by atoms with Crippen LogP contribution in [0.2, 0.25) is 19.0 Å². The summed E-state index contributed by atoms with van der Waals surface area (Å²) in [5.41, 5.74) is 0.0833. The summed E-state index contributed by atoms with van der Waals surface area (Å²) in [6.07, 6.45) is 5.87. The molecule has 1 aliphatic heterocycles. The summed E-state index contributed by atoms with van der Waals surface area (Å²) in [6.45, 7) is 4.70. The molecule has 0 saturated carbocycles. The van der Waals surface area contributed by atoms with Crippen LogP contribution < -0.4 is 29.6 Å². The van der Waals surface area contributed by atoms with E-state index >= 15 is 0 Å². The van der Waals surface area contributed by atoms with Gasteiger partial charge in [-0.05, 0) is 5.75 Å². The van der Waals surface area contributed by atoms with Crippen molar-refractivity contribution in [2.45, 2.75) is 39.2 Å². The molecule has 1 fully saturated rings. The van der Waals surface area contributed by atoms with E-state index in [1.54, 1.807) is 0 Å². The van der Waals surface area contributed by atoms with Crippen LogP contribution in [0.15, 0.2) is 0 Å². The smallest absolute Gasteiger partial charge is 0.375 e. The van der Waals surface area contributed by atoms with Crippen LogP contribution in [0, 0.1) is 0 Å². The molecular weight excluding hydrogens is 150 g/mol. The molecule has 0 spiro atoms. The molecule has 1 saturated heterocycles. The van der Waals surface area contributed by atoms with E-state index in [0.29, 0.717) is 0 Å². The van der Waals surface area contributed by atoms with E-state index in [2.05, 4.69) is 25.5 Å². The molecule has 1 aliphatic rings. The third-order valence-corrected chi connectivity index (χ3v) is 4.97. The van der Waals surface area contributed by atoms with Gasteiger partial charge in [0, 0.05) is 0 Å². The maximum atomic E-state index is 2.35. The van der Waals surface area contributed by atoms with Crippen LogP contribution in [0.1, 0.15) is 20.3 Å². The van der Waals surface area contributed by atoms with Gasteiger partial charge >= 0.3 is 29.6 Å². The zero-order valence-electron chi connectivity index (χ0n) is 7.52. The van der Waals surface area contributed by atoms with E-state index in [1.165, 1.54) is 31.1 Å². The zero-order valence-corrected chi connectivity index (χ0v) is 10.3. The topological polar surface area (TPSA) is 0 Å². The monoisotopic (exact) mass is 166 g/mol. The first-order chi connectivity index (χ1) is 4.33. The van der Waals surface area contributed by atoms with Crippen molar-refractivity contribution in [2.24, 2.45) is 0 Å². The van der Waals surface area contributed by atoms with Crippen LogP contribution in [-0.4, -0.2) is 11.2 Å². The van der Waals surface area contributed by atoms with Gasteiger partial charge in [-0.15, -0.1) is 0 Å². The SMILES string of the molecule is CC[B-]1(CC)CCCS1.[Na+]. The Morgan fingerprint density at radius 2 is 1.90 bits per heavy atom. The Kier molecular flexibility index (Phi) is 5.86. The van der Waals surface area contributed by atoms with Gasteiger partial charge in [0.1, 0.15) is 0 Å². The largest absolute Gasteiger partial charge is 1.00 e. The molecule has 0 aliphatic carbocycles. The van der Waals surface area contributed by atoms with Gasteiger partial charge in [0.2, 0.25) is 0 Å². The minimum atomic E-state index is 0. The van der Waals surface area contributed by atoms with E-state index < -0.39 is 0 Å². The molecule has 1 heterocycles. The van der Waals surface area contributed by atoms with Gasteiger partial charge in [0.25, 0.3) is 0 Å². The Morgan fingerprint density at radius 1 is 1.30 bits per heavy atom. The van der Waals surface area contributed by atoms with E-state index in [4.69, 9.17) is 0 Å². The fourth-order valence-corrected chi connectivity index (χ4v) is 3.44. The van der Waals surface area contributed by atoms with Crippen molar-refractivity contribution in [1.29, 1.82) is 0 Å². The molecule has 0 N–H and O–H groups in total. The summed E-state index contributed by atoms with van der Waals surface area (Å²) in [7, 11) is 0. The van der Waals surface area contributed by atoms with Crippen molar-refractivity contribution in [3.8, 4) is 0 Å². The third-order valence-electron chi connectivity index (χ3n) is 2.83. The van der Waals surface area contributed by atoms with Gasteiger partial charge in [-0.1, -0.05) is 20.3 Å². The van der Waals surface area contributed by atoms with Crippen LogP contribution in [0.4, 0.5) is 0 Å². The number of hydrogen-bond donors (Lipinski definition) is 0. The fourth-order valence-electron chi connectivity index (χ4n) is 1.80. The van der Waals surface area contributed by atoms with E-state index in [1.807, 2.05) is 0 Å². The van der Waals surface area contributed by atoms with Crippen LogP contribution >= 0.6 is 11.6 Å². The molecule has 0 amide bonds. The number of rotatable bonds is 2.